The largest absolute Gasteiger partial charge is 0.444 e. The Kier molecular flexibility index (Phi) is 4.36. The van der Waals surface area contributed by atoms with E-state index in [1.807, 2.05) is 37.3 Å². The second-order valence-electron chi connectivity index (χ2n) is 5.86. The topological polar surface area (TPSA) is 49.5 Å². The summed E-state index contributed by atoms with van der Waals surface area (Å²) in [4.78, 5) is 6.95. The molecule has 4 nitrogen and oxygen atoms in total. The van der Waals surface area contributed by atoms with Crippen LogP contribution in [-0.2, 0) is 6.54 Å². The minimum atomic E-state index is -0.191. The van der Waals surface area contributed by atoms with Gasteiger partial charge < -0.3 is 9.52 Å². The summed E-state index contributed by atoms with van der Waals surface area (Å²) >= 11 is 0. The summed E-state index contributed by atoms with van der Waals surface area (Å²) in [5.41, 5.74) is 1.99. The van der Waals surface area contributed by atoms with Gasteiger partial charge in [0, 0.05) is 12.1 Å². The predicted molar refractivity (Wildman–Crippen MR) is 81.6 cm³/mol. The molecule has 0 bridgehead atoms. The Labute approximate surface area is 125 Å². The maximum Gasteiger partial charge on any atom is 0.226 e. The van der Waals surface area contributed by atoms with Crippen molar-refractivity contribution in [3.63, 3.8) is 0 Å². The van der Waals surface area contributed by atoms with Gasteiger partial charge in [0.05, 0.1) is 11.8 Å². The van der Waals surface area contributed by atoms with E-state index >= 15 is 0 Å². The summed E-state index contributed by atoms with van der Waals surface area (Å²) in [6, 6.07) is 9.97. The lowest BCUT2D eigenvalue weighted by Crippen LogP contribution is -2.36. The van der Waals surface area contributed by atoms with Gasteiger partial charge in [-0.1, -0.05) is 18.2 Å². The van der Waals surface area contributed by atoms with Gasteiger partial charge in [-0.05, 0) is 50.9 Å². The number of piperidine rings is 1. The number of nitrogens with zero attached hydrogens (tertiary/aromatic N) is 2. The molecule has 1 aliphatic rings. The van der Waals surface area contributed by atoms with Crippen LogP contribution in [0.2, 0.25) is 0 Å². The van der Waals surface area contributed by atoms with Crippen molar-refractivity contribution in [2.75, 3.05) is 13.1 Å². The minimum Gasteiger partial charge on any atom is -0.444 e. The van der Waals surface area contributed by atoms with E-state index in [1.165, 1.54) is 0 Å². The van der Waals surface area contributed by atoms with Gasteiger partial charge in [-0.15, -0.1) is 0 Å². The van der Waals surface area contributed by atoms with Crippen LogP contribution in [0.3, 0.4) is 0 Å². The first kappa shape index (κ1) is 14.3. The Bertz CT molecular complexity index is 557. The molecule has 1 aromatic heterocycles. The molecule has 1 aliphatic heterocycles. The van der Waals surface area contributed by atoms with Crippen molar-refractivity contribution >= 4 is 0 Å². The van der Waals surface area contributed by atoms with Crippen molar-refractivity contribution in [3.05, 3.63) is 42.3 Å². The van der Waals surface area contributed by atoms with Crippen LogP contribution >= 0.6 is 0 Å². The van der Waals surface area contributed by atoms with Crippen LogP contribution in [0.15, 0.2) is 41.0 Å². The van der Waals surface area contributed by atoms with Gasteiger partial charge >= 0.3 is 0 Å². The molecule has 0 radical (unpaired) electrons. The Morgan fingerprint density at radius 1 is 1.29 bits per heavy atom. The maximum absolute atomic E-state index is 9.64. The van der Waals surface area contributed by atoms with Gasteiger partial charge in [0.15, 0.2) is 0 Å². The molecule has 2 heterocycles. The van der Waals surface area contributed by atoms with Gasteiger partial charge in [0.1, 0.15) is 6.26 Å². The number of rotatable bonds is 4. The average Bonchev–Trinajstić information content (AvgIpc) is 2.97. The Balaban J connectivity index is 1.59. The molecule has 1 N–H and O–H groups in total. The van der Waals surface area contributed by atoms with Crippen molar-refractivity contribution in [1.29, 1.82) is 0 Å². The third-order valence-electron chi connectivity index (χ3n) is 4.27. The van der Waals surface area contributed by atoms with Crippen molar-refractivity contribution < 1.29 is 9.52 Å². The molecule has 112 valence electrons. The molecule has 4 heteroatoms. The number of oxazole rings is 1. The monoisotopic (exact) mass is 286 g/mol. The zero-order valence-electron chi connectivity index (χ0n) is 12.4. The molecule has 1 aromatic carbocycles. The zero-order chi connectivity index (χ0) is 14.7. The first-order chi connectivity index (χ1) is 10.2. The van der Waals surface area contributed by atoms with E-state index in [0.717, 1.165) is 43.7 Å². The van der Waals surface area contributed by atoms with Crippen LogP contribution in [0.5, 0.6) is 0 Å². The van der Waals surface area contributed by atoms with E-state index in [1.54, 1.807) is 6.26 Å². The molecule has 21 heavy (non-hydrogen) atoms. The molecule has 2 aromatic rings. The van der Waals surface area contributed by atoms with Gasteiger partial charge in [0.2, 0.25) is 5.89 Å². The summed E-state index contributed by atoms with van der Waals surface area (Å²) in [6.45, 7) is 4.75. The minimum absolute atomic E-state index is 0.191. The van der Waals surface area contributed by atoms with Crippen LogP contribution in [0.1, 0.15) is 25.5 Å². The maximum atomic E-state index is 9.64. The number of likely N-dealkylation sites (tertiary alicyclic amines) is 1. The fourth-order valence-electron chi connectivity index (χ4n) is 2.92. The number of hydrogen-bond acceptors (Lipinski definition) is 4. The first-order valence-corrected chi connectivity index (χ1v) is 7.62. The van der Waals surface area contributed by atoms with Crippen molar-refractivity contribution in [1.82, 2.24) is 9.88 Å². The van der Waals surface area contributed by atoms with Crippen LogP contribution in [0, 0.1) is 5.92 Å². The average molecular weight is 286 g/mol. The third-order valence-corrected chi connectivity index (χ3v) is 4.27. The zero-order valence-corrected chi connectivity index (χ0v) is 12.4. The molecule has 1 unspecified atom stereocenters. The van der Waals surface area contributed by atoms with Gasteiger partial charge in [-0.25, -0.2) is 4.98 Å². The normalized spacial score (nSPS) is 18.8. The second kappa shape index (κ2) is 6.41. The lowest BCUT2D eigenvalue weighted by atomic mass is 9.92. The summed E-state index contributed by atoms with van der Waals surface area (Å²) in [7, 11) is 0. The van der Waals surface area contributed by atoms with Gasteiger partial charge in [-0.2, -0.15) is 0 Å². The number of hydrogen-bond donors (Lipinski definition) is 1. The number of aliphatic hydroxyl groups excluding tert-OH is 1. The highest BCUT2D eigenvalue weighted by Gasteiger charge is 2.23. The summed E-state index contributed by atoms with van der Waals surface area (Å²) in [5, 5.41) is 9.64. The van der Waals surface area contributed by atoms with Crippen LogP contribution in [0.4, 0.5) is 0 Å². The molecule has 0 spiro atoms. The predicted octanol–water partition coefficient (Wildman–Crippen LogP) is 2.93. The van der Waals surface area contributed by atoms with Crippen LogP contribution < -0.4 is 0 Å². The van der Waals surface area contributed by atoms with E-state index < -0.39 is 0 Å². The standard InChI is InChI=1S/C17H22N2O2/c1-13(20)14-7-9-19(10-8-14)11-16-12-21-17(18-16)15-5-3-2-4-6-15/h2-6,12-14,20H,7-11H2,1H3. The summed E-state index contributed by atoms with van der Waals surface area (Å²) in [5.74, 6) is 1.13. The van der Waals surface area contributed by atoms with Crippen molar-refractivity contribution in [3.8, 4) is 11.5 Å². The van der Waals surface area contributed by atoms with E-state index in [4.69, 9.17) is 4.42 Å². The SMILES string of the molecule is CC(O)C1CCN(Cc2coc(-c3ccccc3)n2)CC1. The molecule has 3 rings (SSSR count). The smallest absolute Gasteiger partial charge is 0.226 e. The molecular weight excluding hydrogens is 264 g/mol. The molecule has 1 fully saturated rings. The lowest BCUT2D eigenvalue weighted by molar-refractivity contribution is 0.0691. The highest BCUT2D eigenvalue weighted by molar-refractivity contribution is 5.52. The van der Waals surface area contributed by atoms with Crippen molar-refractivity contribution in [2.24, 2.45) is 5.92 Å². The number of benzene rings is 1. The van der Waals surface area contributed by atoms with Crippen LogP contribution in [-0.4, -0.2) is 34.2 Å². The van der Waals surface area contributed by atoms with E-state index in [0.29, 0.717) is 11.8 Å². The fraction of sp³-hybridized carbons (Fsp3) is 0.471. The Hall–Kier alpha value is -1.65. The molecule has 1 atom stereocenters. The molecule has 0 saturated carbocycles. The van der Waals surface area contributed by atoms with Crippen LogP contribution in [0.25, 0.3) is 11.5 Å². The molecule has 1 saturated heterocycles. The summed E-state index contributed by atoms with van der Waals surface area (Å²) < 4.78 is 5.57. The second-order valence-corrected chi connectivity index (χ2v) is 5.86. The third kappa shape index (κ3) is 3.52. The quantitative estimate of drug-likeness (QED) is 0.939. The molecular formula is C17H22N2O2. The lowest BCUT2D eigenvalue weighted by Gasteiger charge is -2.32. The molecule has 0 amide bonds. The summed E-state index contributed by atoms with van der Waals surface area (Å²) in [6.07, 6.45) is 3.68. The first-order valence-electron chi connectivity index (χ1n) is 7.62. The van der Waals surface area contributed by atoms with E-state index in [-0.39, 0.29) is 6.10 Å². The van der Waals surface area contributed by atoms with Gasteiger partial charge in [-0.3, -0.25) is 4.90 Å². The Morgan fingerprint density at radius 3 is 2.67 bits per heavy atom. The van der Waals surface area contributed by atoms with E-state index in [2.05, 4.69) is 9.88 Å². The highest BCUT2D eigenvalue weighted by atomic mass is 16.3. The molecule has 0 aliphatic carbocycles. The Morgan fingerprint density at radius 2 is 2.00 bits per heavy atom. The van der Waals surface area contributed by atoms with Crippen molar-refractivity contribution in [2.45, 2.75) is 32.4 Å². The van der Waals surface area contributed by atoms with E-state index in [9.17, 15) is 5.11 Å². The highest BCUT2D eigenvalue weighted by Crippen LogP contribution is 2.23. The van der Waals surface area contributed by atoms with Gasteiger partial charge in [0.25, 0.3) is 0 Å². The number of aliphatic hydroxyl groups is 1. The fourth-order valence-corrected chi connectivity index (χ4v) is 2.92. The number of aromatic nitrogens is 1.